The number of aryl methyl sites for hydroxylation is 1. The summed E-state index contributed by atoms with van der Waals surface area (Å²) in [6, 6.07) is 3.97. The van der Waals surface area contributed by atoms with E-state index in [1.54, 1.807) is 0 Å². The Hall–Kier alpha value is -1.40. The van der Waals surface area contributed by atoms with E-state index in [0.29, 0.717) is 36.0 Å². The second-order valence-electron chi connectivity index (χ2n) is 8.29. The Kier molecular flexibility index (Phi) is 7.86. The maximum atomic E-state index is 12.8. The zero-order valence-corrected chi connectivity index (χ0v) is 18.2. The quantitative estimate of drug-likeness (QED) is 0.719. The first-order chi connectivity index (χ1) is 12.7. The van der Waals surface area contributed by atoms with Gasteiger partial charge in [-0.2, -0.15) is 0 Å². The van der Waals surface area contributed by atoms with Crippen LogP contribution in [-0.4, -0.2) is 48.7 Å². The molecule has 1 aromatic rings. The predicted octanol–water partition coefficient (Wildman–Crippen LogP) is 3.52. The summed E-state index contributed by atoms with van der Waals surface area (Å²) in [5, 5.41) is 3.02. The van der Waals surface area contributed by atoms with Gasteiger partial charge in [0.25, 0.3) is 5.91 Å². The highest BCUT2D eigenvalue weighted by atomic mass is 32.2. The fourth-order valence-corrected chi connectivity index (χ4v) is 4.32. The Morgan fingerprint density at radius 3 is 2.52 bits per heavy atom. The van der Waals surface area contributed by atoms with Crippen LogP contribution in [0.15, 0.2) is 17.0 Å². The van der Waals surface area contributed by atoms with Crippen LogP contribution >= 0.6 is 0 Å². The molecule has 0 bridgehead atoms. The van der Waals surface area contributed by atoms with Gasteiger partial charge in [-0.25, -0.2) is 0 Å². The number of benzene rings is 1. The minimum absolute atomic E-state index is 0.119. The van der Waals surface area contributed by atoms with Gasteiger partial charge in [0.1, 0.15) is 0 Å². The van der Waals surface area contributed by atoms with E-state index in [-0.39, 0.29) is 11.3 Å². The summed E-state index contributed by atoms with van der Waals surface area (Å²) < 4.78 is 18.1. The Bertz CT molecular complexity index is 677. The highest BCUT2D eigenvalue weighted by Gasteiger charge is 2.22. The number of amides is 1. The van der Waals surface area contributed by atoms with E-state index in [9.17, 15) is 9.00 Å². The van der Waals surface area contributed by atoms with Crippen LogP contribution in [0.1, 0.15) is 56.5 Å². The SMILES string of the molecule is CCS(=O)c1cc(N2CCOCC2)cc(C)c1C(=O)NCCCC(C)(C)C. The van der Waals surface area contributed by atoms with Gasteiger partial charge in [-0.3, -0.25) is 9.00 Å². The minimum atomic E-state index is -1.19. The molecule has 0 spiro atoms. The zero-order chi connectivity index (χ0) is 20.0. The molecule has 0 saturated carbocycles. The molecule has 1 fully saturated rings. The molecule has 0 radical (unpaired) electrons. The van der Waals surface area contributed by atoms with Crippen LogP contribution in [0, 0.1) is 12.3 Å². The molecule has 0 aliphatic carbocycles. The van der Waals surface area contributed by atoms with E-state index >= 15 is 0 Å². The number of ether oxygens (including phenoxy) is 1. The molecule has 5 nitrogen and oxygen atoms in total. The molecule has 1 aliphatic rings. The van der Waals surface area contributed by atoms with Crippen LogP contribution in [-0.2, 0) is 15.5 Å². The summed E-state index contributed by atoms with van der Waals surface area (Å²) in [7, 11) is -1.19. The van der Waals surface area contributed by atoms with E-state index in [2.05, 4.69) is 31.0 Å². The Balaban J connectivity index is 2.20. The lowest BCUT2D eigenvalue weighted by Crippen LogP contribution is -2.36. The lowest BCUT2D eigenvalue weighted by atomic mass is 9.91. The molecule has 1 N–H and O–H groups in total. The number of hydrogen-bond acceptors (Lipinski definition) is 4. The van der Waals surface area contributed by atoms with Crippen molar-refractivity contribution in [2.75, 3.05) is 43.5 Å². The predicted molar refractivity (Wildman–Crippen MR) is 112 cm³/mol. The van der Waals surface area contributed by atoms with Crippen molar-refractivity contribution in [3.63, 3.8) is 0 Å². The maximum Gasteiger partial charge on any atom is 0.252 e. The summed E-state index contributed by atoms with van der Waals surface area (Å²) in [5.41, 5.74) is 2.74. The van der Waals surface area contributed by atoms with E-state index in [1.165, 1.54) is 0 Å². The fraction of sp³-hybridized carbons (Fsp3) is 0.667. The molecular formula is C21H34N2O3S. The second-order valence-corrected chi connectivity index (χ2v) is 10.00. The van der Waals surface area contributed by atoms with Crippen LogP contribution in [0.3, 0.4) is 0 Å². The second kappa shape index (κ2) is 9.69. The van der Waals surface area contributed by atoms with Crippen LogP contribution in [0.4, 0.5) is 5.69 Å². The average Bonchev–Trinajstić information content (AvgIpc) is 2.63. The maximum absolute atomic E-state index is 12.8. The molecule has 1 aliphatic heterocycles. The Morgan fingerprint density at radius 2 is 1.93 bits per heavy atom. The smallest absolute Gasteiger partial charge is 0.252 e. The molecule has 27 heavy (non-hydrogen) atoms. The zero-order valence-electron chi connectivity index (χ0n) is 17.4. The van der Waals surface area contributed by atoms with E-state index < -0.39 is 10.8 Å². The first-order valence-electron chi connectivity index (χ1n) is 9.87. The number of nitrogens with zero attached hydrogens (tertiary/aromatic N) is 1. The van der Waals surface area contributed by atoms with Crippen molar-refractivity contribution in [3.8, 4) is 0 Å². The van der Waals surface area contributed by atoms with Crippen molar-refractivity contribution >= 4 is 22.4 Å². The molecule has 1 atom stereocenters. The molecule has 1 heterocycles. The van der Waals surface area contributed by atoms with Gasteiger partial charge in [-0.15, -0.1) is 0 Å². The van der Waals surface area contributed by atoms with Gasteiger partial charge in [0.2, 0.25) is 0 Å². The Morgan fingerprint density at radius 1 is 1.26 bits per heavy atom. The number of carbonyl (C=O) groups is 1. The highest BCUT2D eigenvalue weighted by molar-refractivity contribution is 7.85. The van der Waals surface area contributed by atoms with Gasteiger partial charge >= 0.3 is 0 Å². The van der Waals surface area contributed by atoms with Crippen LogP contribution in [0.25, 0.3) is 0 Å². The summed E-state index contributed by atoms with van der Waals surface area (Å²) in [6.07, 6.45) is 1.99. The van der Waals surface area contributed by atoms with Crippen LogP contribution < -0.4 is 10.2 Å². The lowest BCUT2D eigenvalue weighted by molar-refractivity contribution is 0.0947. The molecule has 6 heteroatoms. The largest absolute Gasteiger partial charge is 0.378 e. The average molecular weight is 395 g/mol. The molecule has 1 aromatic carbocycles. The van der Waals surface area contributed by atoms with Gasteiger partial charge in [-0.05, 0) is 42.9 Å². The number of nitrogens with one attached hydrogen (secondary N) is 1. The topological polar surface area (TPSA) is 58.6 Å². The highest BCUT2D eigenvalue weighted by Crippen LogP contribution is 2.27. The molecule has 2 rings (SSSR count). The number of hydrogen-bond donors (Lipinski definition) is 1. The molecule has 0 aromatic heterocycles. The van der Waals surface area contributed by atoms with Gasteiger partial charge < -0.3 is 15.0 Å². The van der Waals surface area contributed by atoms with E-state index in [1.807, 2.05) is 26.0 Å². The molecule has 1 saturated heterocycles. The monoisotopic (exact) mass is 394 g/mol. The first-order valence-corrected chi connectivity index (χ1v) is 11.2. The van der Waals surface area contributed by atoms with E-state index in [4.69, 9.17) is 4.74 Å². The number of carbonyl (C=O) groups excluding carboxylic acids is 1. The van der Waals surface area contributed by atoms with Gasteiger partial charge in [0, 0.05) is 31.1 Å². The third-order valence-corrected chi connectivity index (χ3v) is 6.12. The van der Waals surface area contributed by atoms with Crippen molar-refractivity contribution < 1.29 is 13.7 Å². The fourth-order valence-electron chi connectivity index (χ4n) is 3.28. The molecule has 1 amide bonds. The third-order valence-electron chi connectivity index (χ3n) is 4.78. The minimum Gasteiger partial charge on any atom is -0.378 e. The summed E-state index contributed by atoms with van der Waals surface area (Å²) >= 11 is 0. The van der Waals surface area contributed by atoms with Gasteiger partial charge in [-0.1, -0.05) is 27.7 Å². The third kappa shape index (κ3) is 6.32. The Labute approximate surface area is 166 Å². The normalized spacial score (nSPS) is 16.3. The lowest BCUT2D eigenvalue weighted by Gasteiger charge is -2.30. The van der Waals surface area contributed by atoms with Crippen molar-refractivity contribution in [3.05, 3.63) is 23.3 Å². The first kappa shape index (κ1) is 21.9. The van der Waals surface area contributed by atoms with Crippen molar-refractivity contribution in [1.82, 2.24) is 5.32 Å². The van der Waals surface area contributed by atoms with Crippen LogP contribution in [0.5, 0.6) is 0 Å². The van der Waals surface area contributed by atoms with Crippen molar-refractivity contribution in [1.29, 1.82) is 0 Å². The molecular weight excluding hydrogens is 360 g/mol. The number of rotatable bonds is 7. The molecule has 1 unspecified atom stereocenters. The summed E-state index contributed by atoms with van der Waals surface area (Å²) in [5.74, 6) is 0.378. The summed E-state index contributed by atoms with van der Waals surface area (Å²) in [4.78, 5) is 15.7. The van der Waals surface area contributed by atoms with Crippen molar-refractivity contribution in [2.24, 2.45) is 5.41 Å². The molecule has 152 valence electrons. The van der Waals surface area contributed by atoms with E-state index in [0.717, 1.165) is 37.2 Å². The van der Waals surface area contributed by atoms with Crippen molar-refractivity contribution in [2.45, 2.75) is 52.4 Å². The van der Waals surface area contributed by atoms with Gasteiger partial charge in [0.15, 0.2) is 0 Å². The van der Waals surface area contributed by atoms with Gasteiger partial charge in [0.05, 0.1) is 34.5 Å². The summed E-state index contributed by atoms with van der Waals surface area (Å²) in [6.45, 7) is 14.1. The van der Waals surface area contributed by atoms with Crippen LogP contribution in [0.2, 0.25) is 0 Å². The number of morpholine rings is 1. The number of anilines is 1. The standard InChI is InChI=1S/C21H34N2O3S/c1-6-27(25)18-15-17(23-10-12-26-13-11-23)14-16(2)19(18)20(24)22-9-7-8-21(3,4)5/h14-15H,6-13H2,1-5H3,(H,22,24).